The molecule has 0 aromatic heterocycles. The first-order valence-electron chi connectivity index (χ1n) is 6.47. The third-order valence-corrected chi connectivity index (χ3v) is 4.11. The zero-order chi connectivity index (χ0) is 13.4. The van der Waals surface area contributed by atoms with Crippen LogP contribution in [0.5, 0.6) is 0 Å². The molecule has 98 valence electrons. The Morgan fingerprint density at radius 2 is 1.84 bits per heavy atom. The molecule has 19 heavy (non-hydrogen) atoms. The lowest BCUT2D eigenvalue weighted by Crippen LogP contribution is -2.13. The van der Waals surface area contributed by atoms with Crippen LogP contribution in [0.1, 0.15) is 34.7 Å². The highest BCUT2D eigenvalue weighted by molar-refractivity contribution is 6.31. The minimum Gasteiger partial charge on any atom is -0.320 e. The molecular formula is C16H15ClFN. The maximum Gasteiger partial charge on any atom is 0.124 e. The first-order chi connectivity index (χ1) is 9.15. The van der Waals surface area contributed by atoms with Crippen LogP contribution in [-0.2, 0) is 12.8 Å². The second kappa shape index (κ2) is 4.95. The summed E-state index contributed by atoms with van der Waals surface area (Å²) >= 11 is 6.07. The van der Waals surface area contributed by atoms with Crippen LogP contribution in [0.15, 0.2) is 36.4 Å². The summed E-state index contributed by atoms with van der Waals surface area (Å²) in [7, 11) is 0. The zero-order valence-electron chi connectivity index (χ0n) is 10.5. The van der Waals surface area contributed by atoms with Crippen molar-refractivity contribution in [3.63, 3.8) is 0 Å². The standard InChI is InChI=1S/C16H15ClFN/c17-15-9-13(18)6-7-14(15)16(19)12-5-4-10-2-1-3-11(10)8-12/h4-9,16H,1-3,19H2. The molecule has 0 heterocycles. The van der Waals surface area contributed by atoms with Crippen molar-refractivity contribution in [2.24, 2.45) is 5.73 Å². The lowest BCUT2D eigenvalue weighted by atomic mass is 9.96. The van der Waals surface area contributed by atoms with Crippen LogP contribution in [0.2, 0.25) is 5.02 Å². The van der Waals surface area contributed by atoms with E-state index < -0.39 is 0 Å². The summed E-state index contributed by atoms with van der Waals surface area (Å²) in [5, 5.41) is 0.382. The van der Waals surface area contributed by atoms with Gasteiger partial charge in [-0.2, -0.15) is 0 Å². The third-order valence-electron chi connectivity index (χ3n) is 3.78. The number of fused-ring (bicyclic) bond motifs is 1. The van der Waals surface area contributed by atoms with E-state index in [1.165, 1.54) is 29.7 Å². The highest BCUT2D eigenvalue weighted by Crippen LogP contribution is 2.30. The number of benzene rings is 2. The number of rotatable bonds is 2. The van der Waals surface area contributed by atoms with Crippen LogP contribution >= 0.6 is 11.6 Å². The fourth-order valence-electron chi connectivity index (χ4n) is 2.72. The van der Waals surface area contributed by atoms with Gasteiger partial charge in [-0.25, -0.2) is 4.39 Å². The van der Waals surface area contributed by atoms with Gasteiger partial charge in [0.25, 0.3) is 0 Å². The Bertz CT molecular complexity index is 624. The molecule has 1 atom stereocenters. The molecular weight excluding hydrogens is 261 g/mol. The molecule has 1 nitrogen and oxygen atoms in total. The van der Waals surface area contributed by atoms with Crippen molar-refractivity contribution in [1.82, 2.24) is 0 Å². The highest BCUT2D eigenvalue weighted by atomic mass is 35.5. The molecule has 0 radical (unpaired) electrons. The third kappa shape index (κ3) is 2.38. The Kier molecular flexibility index (Phi) is 3.29. The van der Waals surface area contributed by atoms with Gasteiger partial charge in [0.1, 0.15) is 5.82 Å². The molecule has 2 N–H and O–H groups in total. The van der Waals surface area contributed by atoms with Crippen molar-refractivity contribution >= 4 is 11.6 Å². The van der Waals surface area contributed by atoms with E-state index in [1.807, 2.05) is 0 Å². The lowest BCUT2D eigenvalue weighted by molar-refractivity contribution is 0.626. The van der Waals surface area contributed by atoms with E-state index in [0.29, 0.717) is 5.02 Å². The number of aryl methyl sites for hydroxylation is 2. The number of halogens is 2. The summed E-state index contributed by atoms with van der Waals surface area (Å²) in [6, 6.07) is 10.4. The predicted octanol–water partition coefficient (Wildman–Crippen LogP) is 4.02. The van der Waals surface area contributed by atoms with Gasteiger partial charge in [-0.1, -0.05) is 35.9 Å². The van der Waals surface area contributed by atoms with E-state index in [9.17, 15) is 4.39 Å². The summed E-state index contributed by atoms with van der Waals surface area (Å²) in [5.41, 5.74) is 10.9. The smallest absolute Gasteiger partial charge is 0.124 e. The van der Waals surface area contributed by atoms with Gasteiger partial charge in [-0.05, 0) is 53.6 Å². The monoisotopic (exact) mass is 275 g/mol. The molecule has 2 aromatic rings. The first-order valence-corrected chi connectivity index (χ1v) is 6.85. The molecule has 0 saturated carbocycles. The van der Waals surface area contributed by atoms with Gasteiger partial charge in [-0.3, -0.25) is 0 Å². The first kappa shape index (κ1) is 12.6. The van der Waals surface area contributed by atoms with E-state index in [1.54, 1.807) is 6.07 Å². The van der Waals surface area contributed by atoms with Gasteiger partial charge < -0.3 is 5.73 Å². The Hall–Kier alpha value is -1.38. The van der Waals surface area contributed by atoms with Crippen LogP contribution < -0.4 is 5.73 Å². The van der Waals surface area contributed by atoms with Crippen molar-refractivity contribution < 1.29 is 4.39 Å². The average Bonchev–Trinajstić information content (AvgIpc) is 2.85. The van der Waals surface area contributed by atoms with Gasteiger partial charge in [0, 0.05) is 5.02 Å². The van der Waals surface area contributed by atoms with Crippen molar-refractivity contribution in [2.45, 2.75) is 25.3 Å². The van der Waals surface area contributed by atoms with Crippen LogP contribution in [0, 0.1) is 5.82 Å². The summed E-state index contributed by atoms with van der Waals surface area (Å²) in [6.07, 6.45) is 3.49. The Morgan fingerprint density at radius 3 is 2.63 bits per heavy atom. The molecule has 0 aliphatic heterocycles. The number of nitrogens with two attached hydrogens (primary N) is 1. The van der Waals surface area contributed by atoms with Gasteiger partial charge in [0.2, 0.25) is 0 Å². The lowest BCUT2D eigenvalue weighted by Gasteiger charge is -2.15. The Balaban J connectivity index is 1.97. The summed E-state index contributed by atoms with van der Waals surface area (Å²) in [5.74, 6) is -0.338. The normalized spacial score (nSPS) is 15.3. The quantitative estimate of drug-likeness (QED) is 0.880. The van der Waals surface area contributed by atoms with E-state index in [2.05, 4.69) is 18.2 Å². The maximum atomic E-state index is 13.1. The largest absolute Gasteiger partial charge is 0.320 e. The molecule has 2 aromatic carbocycles. The van der Waals surface area contributed by atoms with E-state index >= 15 is 0 Å². The Labute approximate surface area is 117 Å². The van der Waals surface area contributed by atoms with Crippen LogP contribution in [0.25, 0.3) is 0 Å². The molecule has 0 saturated heterocycles. The molecule has 1 aliphatic rings. The van der Waals surface area contributed by atoms with Crippen molar-refractivity contribution in [2.75, 3.05) is 0 Å². The fraction of sp³-hybridized carbons (Fsp3) is 0.250. The predicted molar refractivity (Wildman–Crippen MR) is 75.9 cm³/mol. The highest BCUT2D eigenvalue weighted by Gasteiger charge is 2.16. The van der Waals surface area contributed by atoms with E-state index in [-0.39, 0.29) is 11.9 Å². The van der Waals surface area contributed by atoms with Crippen LogP contribution in [0.3, 0.4) is 0 Å². The van der Waals surface area contributed by atoms with E-state index in [0.717, 1.165) is 24.0 Å². The molecule has 1 aliphatic carbocycles. The SMILES string of the molecule is NC(c1ccc2c(c1)CCC2)c1ccc(F)cc1Cl. The summed E-state index contributed by atoms with van der Waals surface area (Å²) in [6.45, 7) is 0. The minimum absolute atomic E-state index is 0.306. The van der Waals surface area contributed by atoms with Crippen molar-refractivity contribution in [1.29, 1.82) is 0 Å². The zero-order valence-corrected chi connectivity index (χ0v) is 11.3. The van der Waals surface area contributed by atoms with Crippen molar-refractivity contribution in [3.8, 4) is 0 Å². The average molecular weight is 276 g/mol. The fourth-order valence-corrected chi connectivity index (χ4v) is 3.00. The summed E-state index contributed by atoms with van der Waals surface area (Å²) < 4.78 is 13.1. The number of hydrogen-bond donors (Lipinski definition) is 1. The molecule has 3 rings (SSSR count). The van der Waals surface area contributed by atoms with Crippen LogP contribution in [0.4, 0.5) is 4.39 Å². The van der Waals surface area contributed by atoms with Gasteiger partial charge in [0.15, 0.2) is 0 Å². The molecule has 1 unspecified atom stereocenters. The molecule has 3 heteroatoms. The summed E-state index contributed by atoms with van der Waals surface area (Å²) in [4.78, 5) is 0. The Morgan fingerprint density at radius 1 is 1.05 bits per heavy atom. The second-order valence-electron chi connectivity index (χ2n) is 5.03. The van der Waals surface area contributed by atoms with Gasteiger partial charge in [0.05, 0.1) is 6.04 Å². The van der Waals surface area contributed by atoms with Gasteiger partial charge in [-0.15, -0.1) is 0 Å². The van der Waals surface area contributed by atoms with Gasteiger partial charge >= 0.3 is 0 Å². The topological polar surface area (TPSA) is 26.0 Å². The number of hydrogen-bond acceptors (Lipinski definition) is 1. The maximum absolute atomic E-state index is 13.1. The van der Waals surface area contributed by atoms with Crippen LogP contribution in [-0.4, -0.2) is 0 Å². The molecule has 0 fully saturated rings. The van der Waals surface area contributed by atoms with E-state index in [4.69, 9.17) is 17.3 Å². The molecule has 0 bridgehead atoms. The second-order valence-corrected chi connectivity index (χ2v) is 5.43. The molecule has 0 amide bonds. The van der Waals surface area contributed by atoms with Crippen molar-refractivity contribution in [3.05, 3.63) is 69.5 Å². The minimum atomic E-state index is -0.338. The molecule has 0 spiro atoms.